The number of carbonyl (C=O) groups excluding carboxylic acids is 1. The number of anilines is 1. The summed E-state index contributed by atoms with van der Waals surface area (Å²) < 4.78 is 14.9. The molecular formula is C17H16ClFN4O. The Kier molecular flexibility index (Phi) is 4.24. The Balaban J connectivity index is 2.05. The van der Waals surface area contributed by atoms with Gasteiger partial charge in [-0.15, -0.1) is 5.10 Å². The predicted molar refractivity (Wildman–Crippen MR) is 91.9 cm³/mol. The number of halogens is 2. The van der Waals surface area contributed by atoms with Crippen molar-refractivity contribution in [1.82, 2.24) is 15.0 Å². The third kappa shape index (κ3) is 2.85. The van der Waals surface area contributed by atoms with Crippen molar-refractivity contribution in [2.45, 2.75) is 19.9 Å². The van der Waals surface area contributed by atoms with Crippen LogP contribution in [-0.4, -0.2) is 26.9 Å². The van der Waals surface area contributed by atoms with E-state index in [1.165, 1.54) is 18.2 Å². The van der Waals surface area contributed by atoms with E-state index >= 15 is 0 Å². The summed E-state index contributed by atoms with van der Waals surface area (Å²) in [4.78, 5) is 14.5. The smallest absolute Gasteiger partial charge is 0.258 e. The summed E-state index contributed by atoms with van der Waals surface area (Å²) >= 11 is 6.14. The Bertz CT molecular complexity index is 922. The Morgan fingerprint density at radius 1 is 1.25 bits per heavy atom. The third-order valence-corrected chi connectivity index (χ3v) is 4.06. The van der Waals surface area contributed by atoms with Crippen molar-refractivity contribution >= 4 is 34.2 Å². The third-order valence-electron chi connectivity index (χ3n) is 3.76. The molecule has 0 spiro atoms. The average molecular weight is 347 g/mol. The molecule has 3 rings (SSSR count). The van der Waals surface area contributed by atoms with Gasteiger partial charge < -0.3 is 4.90 Å². The van der Waals surface area contributed by atoms with Crippen LogP contribution in [0.25, 0.3) is 11.0 Å². The van der Waals surface area contributed by atoms with E-state index < -0.39 is 5.82 Å². The van der Waals surface area contributed by atoms with Gasteiger partial charge in [0.15, 0.2) is 0 Å². The molecule has 0 N–H and O–H groups in total. The number of benzene rings is 2. The Morgan fingerprint density at radius 2 is 2.00 bits per heavy atom. The van der Waals surface area contributed by atoms with Gasteiger partial charge in [0, 0.05) is 18.7 Å². The summed E-state index contributed by atoms with van der Waals surface area (Å²) in [7, 11) is 1.79. The predicted octanol–water partition coefficient (Wildman–Crippen LogP) is 3.82. The highest BCUT2D eigenvalue weighted by Crippen LogP contribution is 2.30. The highest BCUT2D eigenvalue weighted by molar-refractivity contribution is 6.34. The zero-order valence-electron chi connectivity index (χ0n) is 13.5. The first-order valence-corrected chi connectivity index (χ1v) is 7.84. The van der Waals surface area contributed by atoms with Crippen LogP contribution >= 0.6 is 11.6 Å². The second kappa shape index (κ2) is 6.20. The van der Waals surface area contributed by atoms with Crippen LogP contribution < -0.4 is 4.90 Å². The number of aromatic nitrogens is 3. The minimum atomic E-state index is -0.444. The molecule has 0 aliphatic heterocycles. The van der Waals surface area contributed by atoms with E-state index in [1.807, 2.05) is 13.8 Å². The summed E-state index contributed by atoms with van der Waals surface area (Å²) in [6.45, 7) is 3.75. The first-order valence-electron chi connectivity index (χ1n) is 7.46. The summed E-state index contributed by atoms with van der Waals surface area (Å²) in [5, 5.41) is 8.16. The number of fused-ring (bicyclic) bond motifs is 1. The highest BCUT2D eigenvalue weighted by atomic mass is 35.5. The lowest BCUT2D eigenvalue weighted by Crippen LogP contribution is -2.37. The molecule has 0 saturated carbocycles. The van der Waals surface area contributed by atoms with E-state index in [4.69, 9.17) is 11.6 Å². The topological polar surface area (TPSA) is 51.0 Å². The van der Waals surface area contributed by atoms with Gasteiger partial charge in [-0.25, -0.2) is 9.07 Å². The van der Waals surface area contributed by atoms with Crippen molar-refractivity contribution in [3.8, 4) is 0 Å². The fourth-order valence-electron chi connectivity index (χ4n) is 2.61. The van der Waals surface area contributed by atoms with Crippen molar-refractivity contribution < 1.29 is 9.18 Å². The highest BCUT2D eigenvalue weighted by Gasteiger charge is 2.23. The first kappa shape index (κ1) is 16.4. The molecule has 0 aliphatic rings. The normalized spacial score (nSPS) is 11.2. The SMILES string of the molecule is CC(C)N(C(=O)c1ccc2c(c1)nnn2C)c1ccc(F)cc1Cl. The lowest BCUT2D eigenvalue weighted by atomic mass is 10.1. The van der Waals surface area contributed by atoms with Crippen LogP contribution in [0.15, 0.2) is 36.4 Å². The van der Waals surface area contributed by atoms with Gasteiger partial charge in [-0.3, -0.25) is 4.79 Å². The van der Waals surface area contributed by atoms with Gasteiger partial charge in [0.05, 0.1) is 16.2 Å². The van der Waals surface area contributed by atoms with Crippen molar-refractivity contribution in [3.05, 3.63) is 52.8 Å². The summed E-state index contributed by atoms with van der Waals surface area (Å²) in [5.74, 6) is -0.674. The molecule has 0 atom stereocenters. The van der Waals surface area contributed by atoms with Crippen molar-refractivity contribution in [3.63, 3.8) is 0 Å². The Morgan fingerprint density at radius 3 is 2.67 bits per heavy atom. The summed E-state index contributed by atoms with van der Waals surface area (Å²) in [6, 6.07) is 9.06. The fraction of sp³-hybridized carbons (Fsp3) is 0.235. The van der Waals surface area contributed by atoms with Crippen molar-refractivity contribution in [2.75, 3.05) is 4.90 Å². The maximum atomic E-state index is 13.3. The van der Waals surface area contributed by atoms with E-state index in [0.29, 0.717) is 16.8 Å². The van der Waals surface area contributed by atoms with Crippen LogP contribution in [-0.2, 0) is 7.05 Å². The molecule has 5 nitrogen and oxygen atoms in total. The molecule has 24 heavy (non-hydrogen) atoms. The fourth-order valence-corrected chi connectivity index (χ4v) is 2.87. The second-order valence-corrected chi connectivity index (χ2v) is 6.19. The van der Waals surface area contributed by atoms with Crippen LogP contribution in [0, 0.1) is 5.82 Å². The lowest BCUT2D eigenvalue weighted by Gasteiger charge is -2.28. The first-order chi connectivity index (χ1) is 11.4. The maximum Gasteiger partial charge on any atom is 0.258 e. The maximum absolute atomic E-state index is 13.3. The van der Waals surface area contributed by atoms with Gasteiger partial charge in [0.25, 0.3) is 5.91 Å². The zero-order chi connectivity index (χ0) is 17.4. The number of nitrogens with zero attached hydrogens (tertiary/aromatic N) is 4. The van der Waals surface area contributed by atoms with Gasteiger partial charge in [0.1, 0.15) is 11.3 Å². The van der Waals surface area contributed by atoms with Crippen LogP contribution in [0.3, 0.4) is 0 Å². The summed E-state index contributed by atoms with van der Waals surface area (Å²) in [6.07, 6.45) is 0. The van der Waals surface area contributed by atoms with E-state index in [-0.39, 0.29) is 17.0 Å². The molecule has 3 aromatic rings. The van der Waals surface area contributed by atoms with Crippen LogP contribution in [0.1, 0.15) is 24.2 Å². The van der Waals surface area contributed by atoms with Gasteiger partial charge >= 0.3 is 0 Å². The number of hydrogen-bond acceptors (Lipinski definition) is 3. The molecule has 7 heteroatoms. The minimum absolute atomic E-state index is 0.155. The average Bonchev–Trinajstić information content (AvgIpc) is 2.90. The van der Waals surface area contributed by atoms with Gasteiger partial charge in [-0.05, 0) is 50.2 Å². The lowest BCUT2D eigenvalue weighted by molar-refractivity contribution is 0.0980. The second-order valence-electron chi connectivity index (χ2n) is 5.78. The van der Waals surface area contributed by atoms with Crippen molar-refractivity contribution in [2.24, 2.45) is 7.05 Å². The van der Waals surface area contributed by atoms with E-state index in [2.05, 4.69) is 10.3 Å². The largest absolute Gasteiger partial charge is 0.304 e. The Labute approximate surface area is 143 Å². The quantitative estimate of drug-likeness (QED) is 0.724. The molecule has 0 radical (unpaired) electrons. The molecule has 0 bridgehead atoms. The van der Waals surface area contributed by atoms with E-state index in [9.17, 15) is 9.18 Å². The van der Waals surface area contributed by atoms with Gasteiger partial charge in [-0.1, -0.05) is 16.8 Å². The van der Waals surface area contributed by atoms with Gasteiger partial charge in [-0.2, -0.15) is 0 Å². The molecule has 0 aliphatic carbocycles. The molecule has 2 aromatic carbocycles. The van der Waals surface area contributed by atoms with Crippen LogP contribution in [0.2, 0.25) is 5.02 Å². The number of rotatable bonds is 3. The Hall–Kier alpha value is -2.47. The van der Waals surface area contributed by atoms with Crippen molar-refractivity contribution in [1.29, 1.82) is 0 Å². The van der Waals surface area contributed by atoms with Gasteiger partial charge in [0.2, 0.25) is 0 Å². The standard InChI is InChI=1S/C17H16ClFN4O/c1-10(2)23(15-7-5-12(19)9-13(15)18)17(24)11-4-6-16-14(8-11)20-21-22(16)3/h4-10H,1-3H3. The number of hydrogen-bond donors (Lipinski definition) is 0. The molecule has 1 amide bonds. The minimum Gasteiger partial charge on any atom is -0.304 e. The molecule has 1 aromatic heterocycles. The summed E-state index contributed by atoms with van der Waals surface area (Å²) in [5.41, 5.74) is 2.41. The van der Waals surface area contributed by atoms with Crippen LogP contribution in [0.4, 0.5) is 10.1 Å². The van der Waals surface area contributed by atoms with E-state index in [0.717, 1.165) is 5.52 Å². The number of amides is 1. The molecule has 0 fully saturated rings. The number of carbonyl (C=O) groups is 1. The molecule has 124 valence electrons. The number of aryl methyl sites for hydroxylation is 1. The van der Waals surface area contributed by atoms with Crippen LogP contribution in [0.5, 0.6) is 0 Å². The molecular weight excluding hydrogens is 331 g/mol. The zero-order valence-corrected chi connectivity index (χ0v) is 14.3. The monoisotopic (exact) mass is 346 g/mol. The molecule has 1 heterocycles. The molecule has 0 saturated heterocycles. The van der Waals surface area contributed by atoms with E-state index in [1.54, 1.807) is 34.8 Å². The molecule has 0 unspecified atom stereocenters.